The highest BCUT2D eigenvalue weighted by molar-refractivity contribution is 4.72. The average Bonchev–Trinajstić information content (AvgIpc) is 2.12. The zero-order valence-electron chi connectivity index (χ0n) is 6.59. The lowest BCUT2D eigenvalue weighted by atomic mass is 10.2. The Hall–Kier alpha value is -0.120. The lowest BCUT2D eigenvalue weighted by Gasteiger charge is -2.21. The van der Waals surface area contributed by atoms with E-state index in [9.17, 15) is 0 Å². The second-order valence-corrected chi connectivity index (χ2v) is 2.91. The molecular weight excluding hydrogens is 130 g/mol. The maximum absolute atomic E-state index is 5.49. The van der Waals surface area contributed by atoms with E-state index >= 15 is 0 Å². The zero-order chi connectivity index (χ0) is 7.61. The number of hydrogen-bond acceptors (Lipinski definition) is 3. The molecule has 1 heterocycles. The molecule has 0 bridgehead atoms. The molecule has 10 heavy (non-hydrogen) atoms. The van der Waals surface area contributed by atoms with Gasteiger partial charge in [-0.1, -0.05) is 0 Å². The number of nitrogens with two attached hydrogens (primary N) is 1. The van der Waals surface area contributed by atoms with Gasteiger partial charge in [0.25, 0.3) is 0 Å². The van der Waals surface area contributed by atoms with Crippen molar-refractivity contribution in [3.05, 3.63) is 0 Å². The Morgan fingerprint density at radius 3 is 2.80 bits per heavy atom. The Labute approximate surface area is 61.5 Å². The summed E-state index contributed by atoms with van der Waals surface area (Å²) in [6, 6.07) is 0. The lowest BCUT2D eigenvalue weighted by molar-refractivity contribution is -0.154. The third-order valence-corrected chi connectivity index (χ3v) is 1.67. The van der Waals surface area contributed by atoms with Crippen LogP contribution in [0.25, 0.3) is 0 Å². The van der Waals surface area contributed by atoms with Crippen molar-refractivity contribution in [2.45, 2.75) is 32.2 Å². The summed E-state index contributed by atoms with van der Waals surface area (Å²) in [5.41, 5.74) is 5.38. The summed E-state index contributed by atoms with van der Waals surface area (Å²) in [5.74, 6) is -0.409. The van der Waals surface area contributed by atoms with Crippen LogP contribution in [-0.4, -0.2) is 25.0 Å². The van der Waals surface area contributed by atoms with E-state index in [-0.39, 0.29) is 6.10 Å². The highest BCUT2D eigenvalue weighted by Gasteiger charge is 2.33. The fraction of sp³-hybridized carbons (Fsp3) is 1.00. The fourth-order valence-corrected chi connectivity index (χ4v) is 1.18. The Kier molecular flexibility index (Phi) is 2.28. The fourth-order valence-electron chi connectivity index (χ4n) is 1.18. The summed E-state index contributed by atoms with van der Waals surface area (Å²) in [6.45, 7) is 5.24. The average molecular weight is 145 g/mol. The second-order valence-electron chi connectivity index (χ2n) is 2.91. The first-order chi connectivity index (χ1) is 4.66. The van der Waals surface area contributed by atoms with Gasteiger partial charge in [0.15, 0.2) is 5.79 Å². The van der Waals surface area contributed by atoms with Gasteiger partial charge in [0, 0.05) is 6.42 Å². The smallest absolute Gasteiger partial charge is 0.167 e. The quantitative estimate of drug-likeness (QED) is 0.615. The van der Waals surface area contributed by atoms with Crippen molar-refractivity contribution in [1.82, 2.24) is 0 Å². The molecule has 0 spiro atoms. The van der Waals surface area contributed by atoms with Crippen LogP contribution in [0.3, 0.4) is 0 Å². The van der Waals surface area contributed by atoms with Crippen molar-refractivity contribution in [3.8, 4) is 0 Å². The monoisotopic (exact) mass is 145 g/mol. The van der Waals surface area contributed by atoms with E-state index in [1.54, 1.807) is 0 Å². The predicted molar refractivity (Wildman–Crippen MR) is 38.6 cm³/mol. The molecule has 0 aromatic carbocycles. The summed E-state index contributed by atoms with van der Waals surface area (Å²) < 4.78 is 10.9. The molecule has 0 saturated carbocycles. The van der Waals surface area contributed by atoms with E-state index in [1.807, 2.05) is 13.8 Å². The van der Waals surface area contributed by atoms with E-state index in [4.69, 9.17) is 15.2 Å². The zero-order valence-corrected chi connectivity index (χ0v) is 6.59. The molecule has 1 fully saturated rings. The summed E-state index contributed by atoms with van der Waals surface area (Å²) in [7, 11) is 0. The Bertz CT molecular complexity index is 114. The van der Waals surface area contributed by atoms with Crippen molar-refractivity contribution in [1.29, 1.82) is 0 Å². The maximum atomic E-state index is 5.49. The Morgan fingerprint density at radius 2 is 2.40 bits per heavy atom. The highest BCUT2D eigenvalue weighted by Crippen LogP contribution is 2.25. The van der Waals surface area contributed by atoms with Crippen LogP contribution in [0.5, 0.6) is 0 Å². The van der Waals surface area contributed by atoms with E-state index in [2.05, 4.69) is 0 Å². The largest absolute Gasteiger partial charge is 0.347 e. The minimum Gasteiger partial charge on any atom is -0.347 e. The normalized spacial score (nSPS) is 40.5. The first-order valence-electron chi connectivity index (χ1n) is 3.68. The van der Waals surface area contributed by atoms with Gasteiger partial charge in [0.1, 0.15) is 0 Å². The Morgan fingerprint density at radius 1 is 1.70 bits per heavy atom. The SMILES string of the molecule is CC1COC(C)(CCN)O1. The van der Waals surface area contributed by atoms with E-state index in [0.29, 0.717) is 13.2 Å². The van der Waals surface area contributed by atoms with Crippen molar-refractivity contribution in [2.75, 3.05) is 13.2 Å². The maximum Gasteiger partial charge on any atom is 0.167 e. The molecular formula is C7H15NO2. The lowest BCUT2D eigenvalue weighted by Crippen LogP contribution is -2.29. The number of hydrogen-bond donors (Lipinski definition) is 1. The number of rotatable bonds is 2. The molecule has 0 aromatic heterocycles. The molecule has 0 aromatic rings. The third kappa shape index (κ3) is 1.68. The summed E-state index contributed by atoms with van der Waals surface area (Å²) in [6.07, 6.45) is 0.994. The summed E-state index contributed by atoms with van der Waals surface area (Å²) in [4.78, 5) is 0. The van der Waals surface area contributed by atoms with Gasteiger partial charge in [0.2, 0.25) is 0 Å². The molecule has 1 aliphatic heterocycles. The van der Waals surface area contributed by atoms with E-state index in [0.717, 1.165) is 6.42 Å². The minimum absolute atomic E-state index is 0.219. The van der Waals surface area contributed by atoms with Gasteiger partial charge in [-0.25, -0.2) is 0 Å². The molecule has 0 radical (unpaired) electrons. The minimum atomic E-state index is -0.409. The van der Waals surface area contributed by atoms with Gasteiger partial charge in [-0.3, -0.25) is 0 Å². The van der Waals surface area contributed by atoms with Crippen LogP contribution in [-0.2, 0) is 9.47 Å². The standard InChI is InChI=1S/C7H15NO2/c1-6-5-9-7(2,10-6)3-4-8/h6H,3-5,8H2,1-2H3. The molecule has 0 aliphatic carbocycles. The molecule has 0 amide bonds. The molecule has 2 N–H and O–H groups in total. The highest BCUT2D eigenvalue weighted by atomic mass is 16.7. The van der Waals surface area contributed by atoms with Crippen LogP contribution in [0.4, 0.5) is 0 Å². The van der Waals surface area contributed by atoms with E-state index < -0.39 is 5.79 Å². The van der Waals surface area contributed by atoms with Crippen molar-refractivity contribution >= 4 is 0 Å². The summed E-state index contributed by atoms with van der Waals surface area (Å²) >= 11 is 0. The van der Waals surface area contributed by atoms with Crippen molar-refractivity contribution in [3.63, 3.8) is 0 Å². The Balaban J connectivity index is 2.38. The van der Waals surface area contributed by atoms with Crippen LogP contribution in [0.2, 0.25) is 0 Å². The van der Waals surface area contributed by atoms with Crippen LogP contribution in [0, 0.1) is 0 Å². The van der Waals surface area contributed by atoms with Gasteiger partial charge >= 0.3 is 0 Å². The van der Waals surface area contributed by atoms with Gasteiger partial charge in [-0.15, -0.1) is 0 Å². The molecule has 2 unspecified atom stereocenters. The predicted octanol–water partition coefficient (Wildman–Crippen LogP) is 0.487. The molecule has 3 nitrogen and oxygen atoms in total. The van der Waals surface area contributed by atoms with Crippen molar-refractivity contribution < 1.29 is 9.47 Å². The van der Waals surface area contributed by atoms with Crippen LogP contribution in [0.15, 0.2) is 0 Å². The van der Waals surface area contributed by atoms with Gasteiger partial charge in [-0.05, 0) is 20.4 Å². The number of ether oxygens (including phenoxy) is 2. The molecule has 2 atom stereocenters. The van der Waals surface area contributed by atoms with Crippen LogP contribution >= 0.6 is 0 Å². The first-order valence-corrected chi connectivity index (χ1v) is 3.68. The second kappa shape index (κ2) is 2.86. The van der Waals surface area contributed by atoms with Crippen molar-refractivity contribution in [2.24, 2.45) is 5.73 Å². The van der Waals surface area contributed by atoms with E-state index in [1.165, 1.54) is 0 Å². The molecule has 3 heteroatoms. The molecule has 1 saturated heterocycles. The first kappa shape index (κ1) is 7.98. The molecule has 60 valence electrons. The molecule has 1 aliphatic rings. The third-order valence-electron chi connectivity index (χ3n) is 1.67. The van der Waals surface area contributed by atoms with Crippen LogP contribution < -0.4 is 5.73 Å². The van der Waals surface area contributed by atoms with Crippen LogP contribution in [0.1, 0.15) is 20.3 Å². The summed E-state index contributed by atoms with van der Waals surface area (Å²) in [5, 5.41) is 0. The van der Waals surface area contributed by atoms with Gasteiger partial charge < -0.3 is 15.2 Å². The topological polar surface area (TPSA) is 44.5 Å². The van der Waals surface area contributed by atoms with Gasteiger partial charge in [0.05, 0.1) is 12.7 Å². The molecule has 1 rings (SSSR count). The van der Waals surface area contributed by atoms with Gasteiger partial charge in [-0.2, -0.15) is 0 Å².